The van der Waals surface area contributed by atoms with Gasteiger partial charge in [-0.25, -0.2) is 4.79 Å². The number of ether oxygens (including phenoxy) is 2. The lowest BCUT2D eigenvalue weighted by Gasteiger charge is -2.39. The second-order valence-electron chi connectivity index (χ2n) is 8.87. The zero-order chi connectivity index (χ0) is 24.1. The number of aliphatic carboxylic acids is 1. The maximum Gasteiger partial charge on any atom is 0.407 e. The summed E-state index contributed by atoms with van der Waals surface area (Å²) in [5.41, 5.74) is 4.63. The predicted molar refractivity (Wildman–Crippen MR) is 125 cm³/mol. The molecule has 34 heavy (non-hydrogen) atoms. The maximum absolute atomic E-state index is 12.4. The monoisotopic (exact) mass is 466 g/mol. The van der Waals surface area contributed by atoms with Crippen LogP contribution in [0.5, 0.6) is 0 Å². The molecule has 2 aliphatic rings. The summed E-state index contributed by atoms with van der Waals surface area (Å²) >= 11 is 0. The molecule has 2 aromatic carbocycles. The van der Waals surface area contributed by atoms with E-state index in [4.69, 9.17) is 14.6 Å². The smallest absolute Gasteiger partial charge is 0.407 e. The minimum absolute atomic E-state index is 0.0153. The van der Waals surface area contributed by atoms with Crippen LogP contribution in [0.4, 0.5) is 4.79 Å². The topological polar surface area (TPSA) is 105 Å². The van der Waals surface area contributed by atoms with E-state index in [-0.39, 0.29) is 43.7 Å². The average molecular weight is 467 g/mol. The van der Waals surface area contributed by atoms with Crippen molar-refractivity contribution in [2.75, 3.05) is 33.4 Å². The number of rotatable bonds is 10. The van der Waals surface area contributed by atoms with E-state index < -0.39 is 18.2 Å². The first-order valence-electron chi connectivity index (χ1n) is 11.6. The van der Waals surface area contributed by atoms with Gasteiger partial charge >= 0.3 is 12.1 Å². The first-order valence-corrected chi connectivity index (χ1v) is 11.6. The fourth-order valence-electron chi connectivity index (χ4n) is 4.69. The van der Waals surface area contributed by atoms with Gasteiger partial charge in [0, 0.05) is 39.1 Å². The number of nitrogens with zero attached hydrogens (tertiary/aromatic N) is 1. The molecular formula is C26H30N2O6. The summed E-state index contributed by atoms with van der Waals surface area (Å²) in [4.78, 5) is 37.2. The van der Waals surface area contributed by atoms with Crippen molar-refractivity contribution >= 4 is 18.0 Å². The highest BCUT2D eigenvalue weighted by molar-refractivity contribution is 5.79. The number of nitrogens with one attached hydrogen (secondary N) is 1. The molecule has 1 fully saturated rings. The molecule has 2 amide bonds. The van der Waals surface area contributed by atoms with Crippen LogP contribution in [0.1, 0.15) is 36.3 Å². The summed E-state index contributed by atoms with van der Waals surface area (Å²) in [6, 6.07) is 16.3. The Balaban J connectivity index is 1.22. The first-order chi connectivity index (χ1) is 16.5. The van der Waals surface area contributed by atoms with Gasteiger partial charge in [-0.15, -0.1) is 0 Å². The summed E-state index contributed by atoms with van der Waals surface area (Å²) < 4.78 is 10.9. The number of alkyl carbamates (subject to hydrolysis) is 1. The summed E-state index contributed by atoms with van der Waals surface area (Å²) in [5, 5.41) is 11.5. The lowest BCUT2D eigenvalue weighted by Crippen LogP contribution is -2.51. The second kappa shape index (κ2) is 10.7. The predicted octanol–water partition coefficient (Wildman–Crippen LogP) is 3.25. The second-order valence-corrected chi connectivity index (χ2v) is 8.87. The minimum atomic E-state index is -0.816. The molecule has 2 aromatic rings. The molecule has 1 unspecified atom stereocenters. The van der Waals surface area contributed by atoms with Crippen LogP contribution in [-0.2, 0) is 19.1 Å². The Kier molecular flexibility index (Phi) is 7.47. The number of fused-ring (bicyclic) bond motifs is 3. The van der Waals surface area contributed by atoms with Crippen LogP contribution in [0, 0.1) is 5.92 Å². The van der Waals surface area contributed by atoms with E-state index in [1.54, 1.807) is 4.90 Å². The summed E-state index contributed by atoms with van der Waals surface area (Å²) in [5.74, 6) is -0.658. The maximum atomic E-state index is 12.4. The third-order valence-corrected chi connectivity index (χ3v) is 6.63. The first kappa shape index (κ1) is 23.8. The lowest BCUT2D eigenvalue weighted by molar-refractivity contribution is -0.141. The Morgan fingerprint density at radius 3 is 2.26 bits per heavy atom. The largest absolute Gasteiger partial charge is 0.481 e. The number of carbonyl (C=O) groups excluding carboxylic acids is 2. The Morgan fingerprint density at radius 2 is 1.68 bits per heavy atom. The van der Waals surface area contributed by atoms with Crippen molar-refractivity contribution < 1.29 is 29.0 Å². The molecule has 0 saturated carbocycles. The average Bonchev–Trinajstić information content (AvgIpc) is 3.13. The molecule has 0 spiro atoms. The van der Waals surface area contributed by atoms with Gasteiger partial charge < -0.3 is 24.8 Å². The van der Waals surface area contributed by atoms with E-state index in [1.165, 1.54) is 18.2 Å². The molecule has 0 aromatic heterocycles. The van der Waals surface area contributed by atoms with Crippen LogP contribution in [-0.4, -0.2) is 67.4 Å². The van der Waals surface area contributed by atoms with Gasteiger partial charge in [0.25, 0.3) is 0 Å². The van der Waals surface area contributed by atoms with E-state index in [1.807, 2.05) is 24.3 Å². The number of likely N-dealkylation sites (tertiary alicyclic amines) is 1. The van der Waals surface area contributed by atoms with Crippen molar-refractivity contribution in [3.05, 3.63) is 59.7 Å². The molecule has 4 rings (SSSR count). The molecule has 0 bridgehead atoms. The van der Waals surface area contributed by atoms with Gasteiger partial charge in [0.05, 0.1) is 12.5 Å². The van der Waals surface area contributed by atoms with Crippen molar-refractivity contribution in [3.63, 3.8) is 0 Å². The molecule has 0 radical (unpaired) electrons. The van der Waals surface area contributed by atoms with E-state index in [9.17, 15) is 14.4 Å². The van der Waals surface area contributed by atoms with Gasteiger partial charge in [0.2, 0.25) is 5.91 Å². The van der Waals surface area contributed by atoms with Crippen LogP contribution in [0.3, 0.4) is 0 Å². The zero-order valence-electron chi connectivity index (χ0n) is 19.2. The van der Waals surface area contributed by atoms with E-state index in [0.29, 0.717) is 19.5 Å². The van der Waals surface area contributed by atoms with Gasteiger partial charge in [0.1, 0.15) is 6.61 Å². The number of carbonyl (C=O) groups is 3. The number of carboxylic acid groups (broad SMARTS) is 1. The number of methoxy groups -OCH3 is 1. The molecule has 8 nitrogen and oxygen atoms in total. The highest BCUT2D eigenvalue weighted by Crippen LogP contribution is 2.44. The Hall–Kier alpha value is -3.39. The lowest BCUT2D eigenvalue weighted by atomic mass is 9.94. The molecule has 1 saturated heterocycles. The molecule has 1 aliphatic carbocycles. The number of benzene rings is 2. The van der Waals surface area contributed by atoms with Crippen LogP contribution < -0.4 is 5.32 Å². The number of amides is 2. The number of hydrogen-bond donors (Lipinski definition) is 2. The fraction of sp³-hybridized carbons (Fsp3) is 0.423. The van der Waals surface area contributed by atoms with Crippen LogP contribution in [0.25, 0.3) is 11.1 Å². The van der Waals surface area contributed by atoms with Crippen molar-refractivity contribution in [2.24, 2.45) is 5.92 Å². The third kappa shape index (κ3) is 5.39. The molecule has 8 heteroatoms. The third-order valence-electron chi connectivity index (χ3n) is 6.63. The van der Waals surface area contributed by atoms with Crippen molar-refractivity contribution in [3.8, 4) is 11.1 Å². The van der Waals surface area contributed by atoms with Crippen molar-refractivity contribution in [2.45, 2.75) is 31.3 Å². The zero-order valence-corrected chi connectivity index (χ0v) is 19.2. The molecule has 1 atom stereocenters. The molecular weight excluding hydrogens is 436 g/mol. The van der Waals surface area contributed by atoms with Gasteiger partial charge in [-0.1, -0.05) is 48.5 Å². The summed E-state index contributed by atoms with van der Waals surface area (Å²) in [6.07, 6.45) is -0.167. The van der Waals surface area contributed by atoms with Gasteiger partial charge in [-0.05, 0) is 34.6 Å². The molecule has 1 heterocycles. The van der Waals surface area contributed by atoms with Gasteiger partial charge in [0.15, 0.2) is 0 Å². The Morgan fingerprint density at radius 1 is 1.06 bits per heavy atom. The highest BCUT2D eigenvalue weighted by Gasteiger charge is 2.32. The standard InChI is InChI=1S/C26H30N2O6/c1-33-18(12-24(29)28-14-17(15-28)10-11-25(30)31)13-27-26(32)34-16-23-21-8-4-2-6-19(21)20-7-3-5-9-22(20)23/h2-9,17-18,23H,10-16H2,1H3,(H,27,32)(H,30,31). The summed E-state index contributed by atoms with van der Waals surface area (Å²) in [7, 11) is 1.50. The number of carboxylic acids is 1. The van der Waals surface area contributed by atoms with Gasteiger partial charge in [-0.2, -0.15) is 0 Å². The quantitative estimate of drug-likeness (QED) is 0.557. The van der Waals surface area contributed by atoms with E-state index in [0.717, 1.165) is 11.1 Å². The van der Waals surface area contributed by atoms with Crippen LogP contribution >= 0.6 is 0 Å². The van der Waals surface area contributed by atoms with Crippen LogP contribution in [0.2, 0.25) is 0 Å². The number of hydrogen-bond acceptors (Lipinski definition) is 5. The van der Waals surface area contributed by atoms with Gasteiger partial charge in [-0.3, -0.25) is 9.59 Å². The summed E-state index contributed by atoms with van der Waals surface area (Å²) in [6.45, 7) is 1.53. The van der Waals surface area contributed by atoms with Crippen molar-refractivity contribution in [1.82, 2.24) is 10.2 Å². The molecule has 180 valence electrons. The Bertz CT molecular complexity index is 1000. The Labute approximate surface area is 198 Å². The molecule has 2 N–H and O–H groups in total. The fourth-order valence-corrected chi connectivity index (χ4v) is 4.69. The molecule has 1 aliphatic heterocycles. The highest BCUT2D eigenvalue weighted by atomic mass is 16.5. The van der Waals surface area contributed by atoms with Crippen LogP contribution in [0.15, 0.2) is 48.5 Å². The van der Waals surface area contributed by atoms with E-state index in [2.05, 4.69) is 29.6 Å². The SMILES string of the molecule is COC(CNC(=O)OCC1c2ccccc2-c2ccccc21)CC(=O)N1CC(CCC(=O)O)C1. The van der Waals surface area contributed by atoms with Crippen molar-refractivity contribution in [1.29, 1.82) is 0 Å². The minimum Gasteiger partial charge on any atom is -0.481 e. The van der Waals surface area contributed by atoms with E-state index >= 15 is 0 Å². The normalized spacial score (nSPS) is 15.7.